The number of thioether (sulfide) groups is 1. The number of carbonyl (C=O) groups excluding carboxylic acids is 2. The first kappa shape index (κ1) is 23.4. The SMILES string of the molecule is CC(=O)Nc1c(C)cc(C)cc1-c1nnc(SCC(=O)Nc2ccc(F)c(Cl)c2)[nH]c1=O. The first-order valence-electron chi connectivity index (χ1n) is 9.38. The van der Waals surface area contributed by atoms with E-state index in [1.807, 2.05) is 19.9 Å². The van der Waals surface area contributed by atoms with Crippen LogP contribution >= 0.6 is 23.4 Å². The zero-order chi connectivity index (χ0) is 23.4. The van der Waals surface area contributed by atoms with E-state index in [2.05, 4.69) is 25.8 Å². The quantitative estimate of drug-likeness (QED) is 0.465. The van der Waals surface area contributed by atoms with Crippen LogP contribution in [0.1, 0.15) is 18.1 Å². The monoisotopic (exact) mass is 475 g/mol. The fourth-order valence-corrected chi connectivity index (χ4v) is 3.75. The maximum absolute atomic E-state index is 13.2. The van der Waals surface area contributed by atoms with Crippen molar-refractivity contribution in [1.82, 2.24) is 15.2 Å². The van der Waals surface area contributed by atoms with E-state index in [1.54, 1.807) is 6.07 Å². The molecule has 0 saturated heterocycles. The van der Waals surface area contributed by atoms with Gasteiger partial charge in [0, 0.05) is 18.2 Å². The molecule has 3 aromatic rings. The maximum atomic E-state index is 13.2. The van der Waals surface area contributed by atoms with Gasteiger partial charge in [-0.25, -0.2) is 4.39 Å². The molecule has 0 aliphatic carbocycles. The number of nitrogens with zero attached hydrogens (tertiary/aromatic N) is 2. The summed E-state index contributed by atoms with van der Waals surface area (Å²) < 4.78 is 13.2. The molecular weight excluding hydrogens is 457 g/mol. The van der Waals surface area contributed by atoms with Crippen LogP contribution in [-0.4, -0.2) is 32.7 Å². The molecule has 11 heteroatoms. The molecule has 0 saturated carbocycles. The summed E-state index contributed by atoms with van der Waals surface area (Å²) in [6.07, 6.45) is 0. The number of hydrogen-bond acceptors (Lipinski definition) is 6. The predicted octanol–water partition coefficient (Wildman–Crippen LogP) is 3.93. The van der Waals surface area contributed by atoms with Gasteiger partial charge in [-0.15, -0.1) is 10.2 Å². The number of H-pyrrole nitrogens is 1. The molecular formula is C21H19ClFN5O3S. The molecule has 166 valence electrons. The number of aromatic amines is 1. The molecule has 0 fully saturated rings. The Morgan fingerprint density at radius 2 is 1.91 bits per heavy atom. The van der Waals surface area contributed by atoms with E-state index < -0.39 is 17.3 Å². The molecule has 1 heterocycles. The topological polar surface area (TPSA) is 117 Å². The number of hydrogen-bond donors (Lipinski definition) is 3. The Kier molecular flexibility index (Phi) is 7.26. The van der Waals surface area contributed by atoms with Crippen LogP contribution in [0.4, 0.5) is 15.8 Å². The van der Waals surface area contributed by atoms with Gasteiger partial charge in [0.15, 0.2) is 10.9 Å². The van der Waals surface area contributed by atoms with Crippen LogP contribution in [0, 0.1) is 19.7 Å². The van der Waals surface area contributed by atoms with Crippen molar-refractivity contribution >= 4 is 46.6 Å². The van der Waals surface area contributed by atoms with E-state index >= 15 is 0 Å². The second-order valence-corrected chi connectivity index (χ2v) is 8.33. The molecule has 0 atom stereocenters. The van der Waals surface area contributed by atoms with Crippen LogP contribution in [-0.2, 0) is 9.59 Å². The number of nitrogens with one attached hydrogen (secondary N) is 3. The number of aryl methyl sites for hydroxylation is 2. The highest BCUT2D eigenvalue weighted by Gasteiger charge is 2.16. The highest BCUT2D eigenvalue weighted by Crippen LogP contribution is 2.29. The number of carbonyl (C=O) groups is 2. The molecule has 0 aliphatic heterocycles. The van der Waals surface area contributed by atoms with E-state index in [9.17, 15) is 18.8 Å². The van der Waals surface area contributed by atoms with Crippen molar-refractivity contribution in [2.24, 2.45) is 0 Å². The third kappa shape index (κ3) is 5.71. The molecule has 2 aromatic carbocycles. The number of aromatic nitrogens is 3. The smallest absolute Gasteiger partial charge is 0.278 e. The second-order valence-electron chi connectivity index (χ2n) is 6.96. The van der Waals surface area contributed by atoms with Crippen LogP contribution in [0.15, 0.2) is 40.3 Å². The molecule has 32 heavy (non-hydrogen) atoms. The molecule has 2 amide bonds. The minimum absolute atomic E-state index is 0.0512. The van der Waals surface area contributed by atoms with Gasteiger partial charge in [-0.05, 0) is 43.7 Å². The second kappa shape index (κ2) is 9.92. The molecule has 3 rings (SSSR count). The lowest BCUT2D eigenvalue weighted by atomic mass is 10.0. The summed E-state index contributed by atoms with van der Waals surface area (Å²) in [5, 5.41) is 13.4. The number of halogens is 2. The Balaban J connectivity index is 1.76. The highest BCUT2D eigenvalue weighted by atomic mass is 35.5. The van der Waals surface area contributed by atoms with E-state index in [4.69, 9.17) is 11.6 Å². The number of amides is 2. The zero-order valence-electron chi connectivity index (χ0n) is 17.4. The van der Waals surface area contributed by atoms with Gasteiger partial charge in [-0.3, -0.25) is 19.4 Å². The minimum atomic E-state index is -0.586. The molecule has 0 unspecified atom stereocenters. The maximum Gasteiger partial charge on any atom is 0.278 e. The molecule has 0 bridgehead atoms. The minimum Gasteiger partial charge on any atom is -0.325 e. The van der Waals surface area contributed by atoms with Crippen molar-refractivity contribution in [3.05, 3.63) is 62.7 Å². The molecule has 0 aliphatic rings. The molecule has 3 N–H and O–H groups in total. The zero-order valence-corrected chi connectivity index (χ0v) is 18.9. The lowest BCUT2D eigenvalue weighted by Gasteiger charge is -2.13. The standard InChI is InChI=1S/C21H19ClFN5O3S/c1-10-6-11(2)18(24-12(3)29)14(7-10)19-20(31)26-21(28-27-19)32-9-17(30)25-13-4-5-16(23)15(22)8-13/h4-8H,9H2,1-3H3,(H,24,29)(H,25,30)(H,26,28,31). The van der Waals surface area contributed by atoms with Gasteiger partial charge in [-0.2, -0.15) is 0 Å². The number of benzene rings is 2. The van der Waals surface area contributed by atoms with Gasteiger partial charge in [-0.1, -0.05) is 35.0 Å². The Labute approximate surface area is 192 Å². The van der Waals surface area contributed by atoms with Crippen molar-refractivity contribution in [2.75, 3.05) is 16.4 Å². The summed E-state index contributed by atoms with van der Waals surface area (Å²) in [7, 11) is 0. The summed E-state index contributed by atoms with van der Waals surface area (Å²) in [5.74, 6) is -1.33. The van der Waals surface area contributed by atoms with Crippen LogP contribution in [0.2, 0.25) is 5.02 Å². The molecule has 0 radical (unpaired) electrons. The largest absolute Gasteiger partial charge is 0.325 e. The summed E-state index contributed by atoms with van der Waals surface area (Å²) in [6, 6.07) is 7.46. The Morgan fingerprint density at radius 1 is 1.16 bits per heavy atom. The van der Waals surface area contributed by atoms with Crippen molar-refractivity contribution in [2.45, 2.75) is 25.9 Å². The predicted molar refractivity (Wildman–Crippen MR) is 123 cm³/mol. The Hall–Kier alpha value is -3.24. The third-order valence-corrected chi connectivity index (χ3v) is 5.41. The van der Waals surface area contributed by atoms with Crippen molar-refractivity contribution in [3.63, 3.8) is 0 Å². The van der Waals surface area contributed by atoms with Crippen molar-refractivity contribution in [1.29, 1.82) is 0 Å². The Bertz CT molecular complexity index is 1260. The van der Waals surface area contributed by atoms with E-state index in [0.29, 0.717) is 16.9 Å². The van der Waals surface area contributed by atoms with E-state index in [-0.39, 0.29) is 27.5 Å². The fraction of sp³-hybridized carbons (Fsp3) is 0.190. The number of anilines is 2. The third-order valence-electron chi connectivity index (χ3n) is 4.26. The van der Waals surface area contributed by atoms with E-state index in [1.165, 1.54) is 19.1 Å². The van der Waals surface area contributed by atoms with Gasteiger partial charge in [0.2, 0.25) is 11.8 Å². The average Bonchev–Trinajstić information content (AvgIpc) is 2.71. The number of rotatable bonds is 6. The molecule has 1 aromatic heterocycles. The van der Waals surface area contributed by atoms with Crippen LogP contribution in [0.5, 0.6) is 0 Å². The van der Waals surface area contributed by atoms with Gasteiger partial charge in [0.25, 0.3) is 5.56 Å². The molecule has 0 spiro atoms. The first-order valence-corrected chi connectivity index (χ1v) is 10.7. The Morgan fingerprint density at radius 3 is 2.56 bits per heavy atom. The first-order chi connectivity index (χ1) is 15.1. The normalized spacial score (nSPS) is 10.7. The highest BCUT2D eigenvalue weighted by molar-refractivity contribution is 7.99. The lowest BCUT2D eigenvalue weighted by Crippen LogP contribution is -2.18. The van der Waals surface area contributed by atoms with Crippen molar-refractivity contribution in [3.8, 4) is 11.3 Å². The fourth-order valence-electron chi connectivity index (χ4n) is 2.96. The molecule has 8 nitrogen and oxygen atoms in total. The van der Waals surface area contributed by atoms with Crippen LogP contribution in [0.25, 0.3) is 11.3 Å². The van der Waals surface area contributed by atoms with Gasteiger partial charge in [0.1, 0.15) is 5.82 Å². The lowest BCUT2D eigenvalue weighted by molar-refractivity contribution is -0.114. The van der Waals surface area contributed by atoms with Gasteiger partial charge >= 0.3 is 0 Å². The summed E-state index contributed by atoms with van der Waals surface area (Å²) in [4.78, 5) is 39.0. The van der Waals surface area contributed by atoms with Gasteiger partial charge in [0.05, 0.1) is 16.5 Å². The average molecular weight is 476 g/mol. The summed E-state index contributed by atoms with van der Waals surface area (Å²) in [6.45, 7) is 5.07. The van der Waals surface area contributed by atoms with E-state index in [0.717, 1.165) is 29.0 Å². The summed E-state index contributed by atoms with van der Waals surface area (Å²) in [5.41, 5.74) is 2.50. The van der Waals surface area contributed by atoms with Crippen LogP contribution < -0.4 is 16.2 Å². The van der Waals surface area contributed by atoms with Gasteiger partial charge < -0.3 is 10.6 Å². The van der Waals surface area contributed by atoms with Crippen LogP contribution in [0.3, 0.4) is 0 Å². The summed E-state index contributed by atoms with van der Waals surface area (Å²) >= 11 is 6.67. The van der Waals surface area contributed by atoms with Crippen molar-refractivity contribution < 1.29 is 14.0 Å².